The van der Waals surface area contributed by atoms with E-state index >= 15 is 0 Å². The molecular weight excluding hydrogens is 200 g/mol. The third kappa shape index (κ3) is 5.50. The third-order valence-corrected chi connectivity index (χ3v) is 3.44. The first-order valence-corrected chi connectivity index (χ1v) is 6.60. The number of carbonyl (C=O) groups excluding carboxylic acids is 1. The molecule has 3 unspecified atom stereocenters. The second kappa shape index (κ2) is 6.89. The predicted molar refractivity (Wildman–Crippen MR) is 67.0 cm³/mol. The number of nitrogens with one attached hydrogen (secondary N) is 1. The van der Waals surface area contributed by atoms with E-state index in [9.17, 15) is 4.79 Å². The molecule has 1 fully saturated rings. The summed E-state index contributed by atoms with van der Waals surface area (Å²) < 4.78 is 0. The van der Waals surface area contributed by atoms with Crippen molar-refractivity contribution >= 4 is 5.91 Å². The second-order valence-corrected chi connectivity index (χ2v) is 5.46. The van der Waals surface area contributed by atoms with Crippen LogP contribution in [0.2, 0.25) is 0 Å². The van der Waals surface area contributed by atoms with Crippen LogP contribution in [0.3, 0.4) is 0 Å². The van der Waals surface area contributed by atoms with Crippen molar-refractivity contribution in [3.8, 4) is 0 Å². The van der Waals surface area contributed by atoms with E-state index in [4.69, 9.17) is 5.73 Å². The number of hydrogen-bond acceptors (Lipinski definition) is 2. The molecule has 0 aromatic heterocycles. The predicted octanol–water partition coefficient (Wildman–Crippen LogP) is 2.06. The highest BCUT2D eigenvalue weighted by molar-refractivity contribution is 5.76. The van der Waals surface area contributed by atoms with Crippen LogP contribution < -0.4 is 11.1 Å². The standard InChI is InChI=1S/C13H26N2O/c1-10-4-3-5-12(8-10)9-13(16)15-7-6-11(2)14/h10-12H,3-9,14H2,1-2H3,(H,15,16). The maximum absolute atomic E-state index is 11.6. The van der Waals surface area contributed by atoms with Crippen molar-refractivity contribution in [2.75, 3.05) is 6.54 Å². The fourth-order valence-corrected chi connectivity index (χ4v) is 2.52. The van der Waals surface area contributed by atoms with Crippen LogP contribution in [-0.4, -0.2) is 18.5 Å². The topological polar surface area (TPSA) is 55.1 Å². The molecule has 16 heavy (non-hydrogen) atoms. The minimum atomic E-state index is 0.176. The number of hydrogen-bond donors (Lipinski definition) is 2. The first-order valence-electron chi connectivity index (χ1n) is 6.60. The summed E-state index contributed by atoms with van der Waals surface area (Å²) in [5.74, 6) is 1.62. The minimum absolute atomic E-state index is 0.176. The summed E-state index contributed by atoms with van der Waals surface area (Å²) in [6.45, 7) is 4.98. The van der Waals surface area contributed by atoms with Gasteiger partial charge in [-0.05, 0) is 38.0 Å². The molecule has 0 aromatic rings. The molecule has 1 saturated carbocycles. The highest BCUT2D eigenvalue weighted by atomic mass is 16.1. The maximum atomic E-state index is 11.6. The lowest BCUT2D eigenvalue weighted by atomic mass is 9.81. The van der Waals surface area contributed by atoms with Crippen LogP contribution in [0.1, 0.15) is 52.4 Å². The molecule has 3 atom stereocenters. The number of rotatable bonds is 5. The van der Waals surface area contributed by atoms with Gasteiger partial charge < -0.3 is 11.1 Å². The molecule has 1 rings (SSSR count). The highest BCUT2D eigenvalue weighted by Gasteiger charge is 2.20. The Labute approximate surface area is 99.2 Å². The van der Waals surface area contributed by atoms with E-state index in [2.05, 4.69) is 12.2 Å². The molecule has 3 heteroatoms. The van der Waals surface area contributed by atoms with Crippen LogP contribution in [0.25, 0.3) is 0 Å². The van der Waals surface area contributed by atoms with Crippen molar-refractivity contribution in [3.63, 3.8) is 0 Å². The number of amides is 1. The Morgan fingerprint density at radius 3 is 2.88 bits per heavy atom. The molecule has 1 amide bonds. The van der Waals surface area contributed by atoms with Crippen LogP contribution in [0, 0.1) is 11.8 Å². The lowest BCUT2D eigenvalue weighted by molar-refractivity contribution is -0.122. The van der Waals surface area contributed by atoms with Gasteiger partial charge in [-0.15, -0.1) is 0 Å². The summed E-state index contributed by atoms with van der Waals surface area (Å²) in [6.07, 6.45) is 6.66. The molecule has 0 aliphatic heterocycles. The van der Waals surface area contributed by atoms with Gasteiger partial charge in [0, 0.05) is 19.0 Å². The lowest BCUT2D eigenvalue weighted by Gasteiger charge is -2.26. The summed E-state index contributed by atoms with van der Waals surface area (Å²) >= 11 is 0. The first kappa shape index (κ1) is 13.5. The van der Waals surface area contributed by atoms with E-state index in [1.54, 1.807) is 0 Å². The van der Waals surface area contributed by atoms with Gasteiger partial charge in [-0.3, -0.25) is 4.79 Å². The summed E-state index contributed by atoms with van der Waals surface area (Å²) in [5, 5.41) is 2.96. The van der Waals surface area contributed by atoms with Crippen LogP contribution in [0.15, 0.2) is 0 Å². The zero-order valence-corrected chi connectivity index (χ0v) is 10.7. The summed E-state index contributed by atoms with van der Waals surface area (Å²) in [7, 11) is 0. The molecule has 0 radical (unpaired) electrons. The second-order valence-electron chi connectivity index (χ2n) is 5.46. The summed E-state index contributed by atoms with van der Waals surface area (Å²) in [6, 6.07) is 0.176. The quantitative estimate of drug-likeness (QED) is 0.754. The fourth-order valence-electron chi connectivity index (χ4n) is 2.52. The van der Waals surface area contributed by atoms with Gasteiger partial charge in [-0.1, -0.05) is 19.8 Å². The van der Waals surface area contributed by atoms with Crippen molar-refractivity contribution in [1.29, 1.82) is 0 Å². The Morgan fingerprint density at radius 1 is 1.50 bits per heavy atom. The molecule has 0 heterocycles. The van der Waals surface area contributed by atoms with Gasteiger partial charge in [0.2, 0.25) is 5.91 Å². The molecule has 1 aliphatic carbocycles. The van der Waals surface area contributed by atoms with Gasteiger partial charge in [0.1, 0.15) is 0 Å². The molecule has 0 spiro atoms. The zero-order chi connectivity index (χ0) is 12.0. The Bertz CT molecular complexity index is 216. The average molecular weight is 226 g/mol. The summed E-state index contributed by atoms with van der Waals surface area (Å²) in [5.41, 5.74) is 5.63. The van der Waals surface area contributed by atoms with E-state index in [-0.39, 0.29) is 11.9 Å². The molecule has 1 aliphatic rings. The lowest BCUT2D eigenvalue weighted by Crippen LogP contribution is -2.31. The van der Waals surface area contributed by atoms with E-state index in [1.807, 2.05) is 6.92 Å². The van der Waals surface area contributed by atoms with Gasteiger partial charge in [0.05, 0.1) is 0 Å². The third-order valence-electron chi connectivity index (χ3n) is 3.44. The van der Waals surface area contributed by atoms with Crippen molar-refractivity contribution in [3.05, 3.63) is 0 Å². The molecule has 3 N–H and O–H groups in total. The molecular formula is C13H26N2O. The molecule has 94 valence electrons. The molecule has 3 nitrogen and oxygen atoms in total. The first-order chi connectivity index (χ1) is 7.58. The van der Waals surface area contributed by atoms with Crippen molar-refractivity contribution in [2.45, 2.75) is 58.4 Å². The number of carbonyl (C=O) groups is 1. The normalized spacial score (nSPS) is 27.4. The zero-order valence-electron chi connectivity index (χ0n) is 10.7. The monoisotopic (exact) mass is 226 g/mol. The van der Waals surface area contributed by atoms with Crippen LogP contribution in [-0.2, 0) is 4.79 Å². The average Bonchev–Trinajstić information content (AvgIpc) is 2.16. The van der Waals surface area contributed by atoms with E-state index in [0.29, 0.717) is 12.3 Å². The number of nitrogens with two attached hydrogens (primary N) is 1. The van der Waals surface area contributed by atoms with Crippen LogP contribution in [0.5, 0.6) is 0 Å². The summed E-state index contributed by atoms with van der Waals surface area (Å²) in [4.78, 5) is 11.6. The van der Waals surface area contributed by atoms with E-state index in [0.717, 1.165) is 18.9 Å². The Hall–Kier alpha value is -0.570. The van der Waals surface area contributed by atoms with Crippen molar-refractivity contribution in [1.82, 2.24) is 5.32 Å². The van der Waals surface area contributed by atoms with Crippen LogP contribution in [0.4, 0.5) is 0 Å². The SMILES string of the molecule is CC(N)CCNC(=O)CC1CCCC(C)C1. The van der Waals surface area contributed by atoms with Crippen molar-refractivity contribution < 1.29 is 4.79 Å². The maximum Gasteiger partial charge on any atom is 0.220 e. The Balaban J connectivity index is 2.13. The molecule has 0 saturated heterocycles. The van der Waals surface area contributed by atoms with Gasteiger partial charge in [-0.2, -0.15) is 0 Å². The minimum Gasteiger partial charge on any atom is -0.356 e. The largest absolute Gasteiger partial charge is 0.356 e. The van der Waals surface area contributed by atoms with Crippen molar-refractivity contribution in [2.24, 2.45) is 17.6 Å². The van der Waals surface area contributed by atoms with E-state index in [1.165, 1.54) is 25.7 Å². The van der Waals surface area contributed by atoms with Gasteiger partial charge in [0.25, 0.3) is 0 Å². The molecule has 0 aromatic carbocycles. The van der Waals surface area contributed by atoms with Gasteiger partial charge >= 0.3 is 0 Å². The van der Waals surface area contributed by atoms with Gasteiger partial charge in [0.15, 0.2) is 0 Å². The smallest absolute Gasteiger partial charge is 0.220 e. The molecule has 0 bridgehead atoms. The van der Waals surface area contributed by atoms with Gasteiger partial charge in [-0.25, -0.2) is 0 Å². The Morgan fingerprint density at radius 2 is 2.25 bits per heavy atom. The van der Waals surface area contributed by atoms with Crippen LogP contribution >= 0.6 is 0 Å². The van der Waals surface area contributed by atoms with E-state index < -0.39 is 0 Å². The Kier molecular flexibility index (Phi) is 5.81. The fraction of sp³-hybridized carbons (Fsp3) is 0.923. The highest BCUT2D eigenvalue weighted by Crippen LogP contribution is 2.30.